The Balaban J connectivity index is 1.80. The quantitative estimate of drug-likeness (QED) is 0.767. The molecule has 0 aromatic heterocycles. The second kappa shape index (κ2) is 6.90. The smallest absolute Gasteiger partial charge is 0.306 e. The number of ether oxygens (including phenoxy) is 1. The number of esters is 1. The predicted molar refractivity (Wildman–Crippen MR) is 80.5 cm³/mol. The van der Waals surface area contributed by atoms with Gasteiger partial charge < -0.3 is 4.74 Å². The minimum atomic E-state index is -0.145. The van der Waals surface area contributed by atoms with Crippen molar-refractivity contribution in [3.8, 4) is 0 Å². The molecule has 0 aliphatic carbocycles. The first-order valence-electron chi connectivity index (χ1n) is 6.90. The molecule has 2 rings (SSSR count). The Hall–Kier alpha value is -2.09. The normalized spacial score (nSPS) is 10.3. The highest BCUT2D eigenvalue weighted by Crippen LogP contribution is 2.11. The van der Waals surface area contributed by atoms with Gasteiger partial charge in [-0.15, -0.1) is 0 Å². The SMILES string of the molecule is Cc1cc(C)cc(CCC(=O)OCc2ccccc2)c1. The third-order valence-corrected chi connectivity index (χ3v) is 3.14. The second-order valence-electron chi connectivity index (χ2n) is 5.14. The first-order valence-corrected chi connectivity index (χ1v) is 6.90. The third kappa shape index (κ3) is 4.54. The highest BCUT2D eigenvalue weighted by atomic mass is 16.5. The van der Waals surface area contributed by atoms with Crippen molar-refractivity contribution in [2.24, 2.45) is 0 Å². The van der Waals surface area contributed by atoms with Crippen LogP contribution in [0.5, 0.6) is 0 Å². The molecule has 2 heteroatoms. The van der Waals surface area contributed by atoms with Crippen LogP contribution in [0.3, 0.4) is 0 Å². The van der Waals surface area contributed by atoms with Gasteiger partial charge in [0.05, 0.1) is 0 Å². The molecule has 2 aromatic rings. The van der Waals surface area contributed by atoms with Gasteiger partial charge in [0.25, 0.3) is 0 Å². The Labute approximate surface area is 120 Å². The zero-order chi connectivity index (χ0) is 14.4. The van der Waals surface area contributed by atoms with E-state index in [1.54, 1.807) is 0 Å². The molecule has 0 saturated carbocycles. The van der Waals surface area contributed by atoms with Crippen molar-refractivity contribution in [1.29, 1.82) is 0 Å². The van der Waals surface area contributed by atoms with Gasteiger partial charge in [-0.25, -0.2) is 0 Å². The Morgan fingerprint density at radius 3 is 2.25 bits per heavy atom. The van der Waals surface area contributed by atoms with Gasteiger partial charge in [0.15, 0.2) is 0 Å². The van der Waals surface area contributed by atoms with Crippen LogP contribution in [0.25, 0.3) is 0 Å². The molecule has 2 nitrogen and oxygen atoms in total. The largest absolute Gasteiger partial charge is 0.461 e. The Kier molecular flexibility index (Phi) is 4.94. The van der Waals surface area contributed by atoms with Gasteiger partial charge in [0.2, 0.25) is 0 Å². The van der Waals surface area contributed by atoms with Crippen LogP contribution in [0.1, 0.15) is 28.7 Å². The monoisotopic (exact) mass is 268 g/mol. The van der Waals surface area contributed by atoms with Gasteiger partial charge in [-0.05, 0) is 31.4 Å². The van der Waals surface area contributed by atoms with Crippen LogP contribution in [0.4, 0.5) is 0 Å². The minimum Gasteiger partial charge on any atom is -0.461 e. The average molecular weight is 268 g/mol. The molecule has 0 N–H and O–H groups in total. The highest BCUT2D eigenvalue weighted by molar-refractivity contribution is 5.69. The lowest BCUT2D eigenvalue weighted by atomic mass is 10.0. The highest BCUT2D eigenvalue weighted by Gasteiger charge is 2.05. The Bertz CT molecular complexity index is 553. The summed E-state index contributed by atoms with van der Waals surface area (Å²) in [4.78, 5) is 11.7. The number of hydrogen-bond donors (Lipinski definition) is 0. The van der Waals surface area contributed by atoms with Crippen molar-refractivity contribution >= 4 is 5.97 Å². The van der Waals surface area contributed by atoms with Gasteiger partial charge >= 0.3 is 5.97 Å². The summed E-state index contributed by atoms with van der Waals surface area (Å²) in [5.74, 6) is -0.145. The summed E-state index contributed by atoms with van der Waals surface area (Å²) >= 11 is 0. The fourth-order valence-electron chi connectivity index (χ4n) is 2.27. The molecule has 0 spiro atoms. The summed E-state index contributed by atoms with van der Waals surface area (Å²) in [7, 11) is 0. The van der Waals surface area contributed by atoms with Crippen LogP contribution in [0.2, 0.25) is 0 Å². The van der Waals surface area contributed by atoms with E-state index in [1.807, 2.05) is 30.3 Å². The molecule has 2 aromatic carbocycles. The van der Waals surface area contributed by atoms with Crippen LogP contribution in [-0.4, -0.2) is 5.97 Å². The van der Waals surface area contributed by atoms with Crippen LogP contribution < -0.4 is 0 Å². The van der Waals surface area contributed by atoms with Crippen molar-refractivity contribution in [3.05, 3.63) is 70.8 Å². The van der Waals surface area contributed by atoms with E-state index in [4.69, 9.17) is 4.74 Å². The fourth-order valence-corrected chi connectivity index (χ4v) is 2.27. The summed E-state index contributed by atoms with van der Waals surface area (Å²) in [6, 6.07) is 16.1. The van der Waals surface area contributed by atoms with Gasteiger partial charge in [0.1, 0.15) is 6.61 Å². The van der Waals surface area contributed by atoms with E-state index in [0.717, 1.165) is 12.0 Å². The zero-order valence-corrected chi connectivity index (χ0v) is 12.1. The summed E-state index contributed by atoms with van der Waals surface area (Å²) in [5, 5.41) is 0. The molecule has 0 heterocycles. The van der Waals surface area contributed by atoms with E-state index in [1.165, 1.54) is 16.7 Å². The van der Waals surface area contributed by atoms with Gasteiger partial charge in [-0.2, -0.15) is 0 Å². The van der Waals surface area contributed by atoms with Crippen molar-refractivity contribution in [2.45, 2.75) is 33.3 Å². The molecule has 0 radical (unpaired) electrons. The minimum absolute atomic E-state index is 0.145. The third-order valence-electron chi connectivity index (χ3n) is 3.14. The standard InChI is InChI=1S/C18H20O2/c1-14-10-15(2)12-17(11-14)8-9-18(19)20-13-16-6-4-3-5-7-16/h3-7,10-12H,8-9,13H2,1-2H3. The topological polar surface area (TPSA) is 26.3 Å². The van der Waals surface area contributed by atoms with E-state index in [2.05, 4.69) is 32.0 Å². The molecule has 0 aliphatic rings. The van der Waals surface area contributed by atoms with E-state index in [-0.39, 0.29) is 5.97 Å². The Morgan fingerprint density at radius 2 is 1.60 bits per heavy atom. The maximum Gasteiger partial charge on any atom is 0.306 e. The number of hydrogen-bond acceptors (Lipinski definition) is 2. The molecule has 0 fully saturated rings. The number of carbonyl (C=O) groups is 1. The number of carbonyl (C=O) groups excluding carboxylic acids is 1. The van der Waals surface area contributed by atoms with Gasteiger partial charge in [-0.1, -0.05) is 59.7 Å². The molecule has 0 amide bonds. The molecule has 0 atom stereocenters. The first kappa shape index (κ1) is 14.3. The molecule has 0 bridgehead atoms. The lowest BCUT2D eigenvalue weighted by Crippen LogP contribution is -2.06. The Morgan fingerprint density at radius 1 is 0.950 bits per heavy atom. The first-order chi connectivity index (χ1) is 9.63. The van der Waals surface area contributed by atoms with Crippen molar-refractivity contribution in [2.75, 3.05) is 0 Å². The maximum absolute atomic E-state index is 11.7. The number of aryl methyl sites for hydroxylation is 3. The van der Waals surface area contributed by atoms with Crippen LogP contribution in [0, 0.1) is 13.8 Å². The van der Waals surface area contributed by atoms with Crippen LogP contribution in [0.15, 0.2) is 48.5 Å². The van der Waals surface area contributed by atoms with E-state index in [9.17, 15) is 4.79 Å². The summed E-state index contributed by atoms with van der Waals surface area (Å²) in [6.07, 6.45) is 1.16. The number of rotatable bonds is 5. The second-order valence-corrected chi connectivity index (χ2v) is 5.14. The van der Waals surface area contributed by atoms with E-state index >= 15 is 0 Å². The number of benzene rings is 2. The van der Waals surface area contributed by atoms with E-state index in [0.29, 0.717) is 13.0 Å². The molecular weight excluding hydrogens is 248 g/mol. The molecule has 104 valence electrons. The molecule has 0 unspecified atom stereocenters. The zero-order valence-electron chi connectivity index (χ0n) is 12.1. The summed E-state index contributed by atoms with van der Waals surface area (Å²) in [6.45, 7) is 4.50. The van der Waals surface area contributed by atoms with Crippen molar-refractivity contribution in [3.63, 3.8) is 0 Å². The van der Waals surface area contributed by atoms with Crippen molar-refractivity contribution in [1.82, 2.24) is 0 Å². The van der Waals surface area contributed by atoms with Gasteiger partial charge in [0, 0.05) is 6.42 Å². The molecule has 0 saturated heterocycles. The van der Waals surface area contributed by atoms with Crippen LogP contribution >= 0.6 is 0 Å². The predicted octanol–water partition coefficient (Wildman–Crippen LogP) is 3.98. The fraction of sp³-hybridized carbons (Fsp3) is 0.278. The molecular formula is C18H20O2. The van der Waals surface area contributed by atoms with Crippen LogP contribution in [-0.2, 0) is 22.6 Å². The lowest BCUT2D eigenvalue weighted by Gasteiger charge is -2.06. The van der Waals surface area contributed by atoms with Crippen molar-refractivity contribution < 1.29 is 9.53 Å². The van der Waals surface area contributed by atoms with E-state index < -0.39 is 0 Å². The maximum atomic E-state index is 11.7. The summed E-state index contributed by atoms with van der Waals surface area (Å²) < 4.78 is 5.27. The van der Waals surface area contributed by atoms with Gasteiger partial charge in [-0.3, -0.25) is 4.79 Å². The molecule has 20 heavy (non-hydrogen) atoms. The lowest BCUT2D eigenvalue weighted by molar-refractivity contribution is -0.144. The molecule has 0 aliphatic heterocycles. The average Bonchev–Trinajstić information content (AvgIpc) is 2.43. The summed E-state index contributed by atoms with van der Waals surface area (Å²) in [5.41, 5.74) is 4.68.